The lowest BCUT2D eigenvalue weighted by molar-refractivity contribution is -0.128. The molecule has 3 aliphatic heterocycles. The number of morpholine rings is 1. The van der Waals surface area contributed by atoms with Crippen LogP contribution in [0.15, 0.2) is 53.2 Å². The summed E-state index contributed by atoms with van der Waals surface area (Å²) >= 11 is 0. The lowest BCUT2D eigenvalue weighted by atomic mass is 9.81. The van der Waals surface area contributed by atoms with Crippen LogP contribution in [0.3, 0.4) is 0 Å². The number of likely N-dealkylation sites (N-methyl/N-ethyl adjacent to an activating group) is 2. The number of allylic oxidation sites excluding steroid dienone is 1. The molecule has 294 valence electrons. The Morgan fingerprint density at radius 1 is 1.00 bits per heavy atom. The topological polar surface area (TPSA) is 149 Å². The number of hydrogen-bond acceptors (Lipinski definition) is 9. The molecule has 0 bridgehead atoms. The minimum Gasteiger partial charge on any atom is -0.497 e. The summed E-state index contributed by atoms with van der Waals surface area (Å²) < 4.78 is 43.2. The molecule has 1 aliphatic carbocycles. The fourth-order valence-electron chi connectivity index (χ4n) is 8.80. The summed E-state index contributed by atoms with van der Waals surface area (Å²) in [6, 6.07) is 11.8. The summed E-state index contributed by atoms with van der Waals surface area (Å²) in [5.74, 6) is 0.0812. The first-order valence-corrected chi connectivity index (χ1v) is 20.8. The van der Waals surface area contributed by atoms with E-state index in [0.29, 0.717) is 31.1 Å². The zero-order chi connectivity index (χ0) is 38.9. The van der Waals surface area contributed by atoms with Gasteiger partial charge in [-0.25, -0.2) is 4.72 Å². The number of ether oxygens (including phenoxy) is 2. The maximum atomic E-state index is 14.3. The van der Waals surface area contributed by atoms with Gasteiger partial charge in [0.2, 0.25) is 0 Å². The van der Waals surface area contributed by atoms with Gasteiger partial charge in [-0.05, 0) is 98.8 Å². The highest BCUT2D eigenvalue weighted by molar-refractivity contribution is 7.87. The number of piperidine rings is 1. The van der Waals surface area contributed by atoms with Crippen molar-refractivity contribution in [2.45, 2.75) is 63.5 Å². The van der Waals surface area contributed by atoms with Crippen LogP contribution in [0.4, 0.5) is 0 Å². The number of likely N-dealkylation sites (tertiary alicyclic amines) is 1. The number of carbonyl (C=O) groups excluding carboxylic acids is 2. The van der Waals surface area contributed by atoms with Gasteiger partial charge >= 0.3 is 10.2 Å². The molecule has 3 fully saturated rings. The van der Waals surface area contributed by atoms with Crippen molar-refractivity contribution in [2.75, 3.05) is 67.6 Å². The van der Waals surface area contributed by atoms with Crippen molar-refractivity contribution < 1.29 is 27.5 Å². The van der Waals surface area contributed by atoms with Crippen molar-refractivity contribution in [3.63, 3.8) is 0 Å². The van der Waals surface area contributed by atoms with Crippen molar-refractivity contribution >= 4 is 45.2 Å². The second kappa shape index (κ2) is 16.3. The van der Waals surface area contributed by atoms with Crippen LogP contribution >= 0.6 is 0 Å². The molecule has 3 N–H and O–H groups in total. The van der Waals surface area contributed by atoms with Crippen molar-refractivity contribution in [3.05, 3.63) is 69.9 Å². The number of methoxy groups -OCH3 is 1. The molecule has 1 unspecified atom stereocenters. The molecule has 55 heavy (non-hydrogen) atoms. The standard InChI is InChI=1S/C41H53N7O6S/c1-43-38(35(24-42)41(50)46-16-8-11-31(26-46)45(2)3)30-21-29-22-32(53-4)13-15-33(29)39-37(27-9-6-5-7-10-27)34-14-12-28(23-36(34)48(39)25-30)40(49)44-55(51,52)47-17-19-54-20-18-47/h12-15,21-24,27,31,42-43H,5-11,16-20,25-26H2,1-4H3,(H,44,49)/b38-35+,42-24?. The second-order valence-corrected chi connectivity index (χ2v) is 16.9. The average Bonchev–Trinajstić information content (AvgIpc) is 3.42. The predicted molar refractivity (Wildman–Crippen MR) is 215 cm³/mol. The number of aromatic nitrogens is 1. The zero-order valence-electron chi connectivity index (χ0n) is 32.3. The Morgan fingerprint density at radius 2 is 1.76 bits per heavy atom. The summed E-state index contributed by atoms with van der Waals surface area (Å²) in [4.78, 5) is 32.0. The van der Waals surface area contributed by atoms with Gasteiger partial charge in [0.05, 0.1) is 43.8 Å². The van der Waals surface area contributed by atoms with Crippen molar-refractivity contribution in [1.82, 2.24) is 28.7 Å². The van der Waals surface area contributed by atoms with Gasteiger partial charge in [-0.3, -0.25) is 9.59 Å². The Balaban J connectivity index is 1.39. The Bertz CT molecular complexity index is 2140. The molecule has 0 spiro atoms. The lowest BCUT2D eigenvalue weighted by Gasteiger charge is -2.36. The third-order valence-corrected chi connectivity index (χ3v) is 13.2. The van der Waals surface area contributed by atoms with Crippen molar-refractivity contribution in [1.29, 1.82) is 5.41 Å². The van der Waals surface area contributed by atoms with Gasteiger partial charge in [-0.1, -0.05) is 25.3 Å². The maximum absolute atomic E-state index is 14.3. The smallest absolute Gasteiger partial charge is 0.304 e. The molecular weight excluding hydrogens is 719 g/mol. The molecule has 4 heterocycles. The van der Waals surface area contributed by atoms with E-state index < -0.39 is 16.1 Å². The van der Waals surface area contributed by atoms with Crippen LogP contribution in [0.1, 0.15) is 72.3 Å². The monoisotopic (exact) mass is 771 g/mol. The quantitative estimate of drug-likeness (QED) is 0.198. The minimum absolute atomic E-state index is 0.174. The van der Waals surface area contributed by atoms with Crippen LogP contribution in [-0.4, -0.2) is 119 Å². The first-order chi connectivity index (χ1) is 26.5. The van der Waals surface area contributed by atoms with Crippen LogP contribution in [0.2, 0.25) is 0 Å². The van der Waals surface area contributed by atoms with Gasteiger partial charge in [0.15, 0.2) is 0 Å². The number of nitrogens with zero attached hydrogens (tertiary/aromatic N) is 4. The minimum atomic E-state index is -4.08. The van der Waals surface area contributed by atoms with Crippen LogP contribution in [0, 0.1) is 5.41 Å². The number of rotatable bonds is 10. The van der Waals surface area contributed by atoms with E-state index in [2.05, 4.69) is 31.6 Å². The maximum Gasteiger partial charge on any atom is 0.304 e. The Labute approximate surface area is 324 Å². The van der Waals surface area contributed by atoms with Gasteiger partial charge in [-0.15, -0.1) is 0 Å². The van der Waals surface area contributed by atoms with Crippen LogP contribution in [-0.2, 0) is 26.3 Å². The predicted octanol–water partition coefficient (Wildman–Crippen LogP) is 4.74. The summed E-state index contributed by atoms with van der Waals surface area (Å²) in [5, 5.41) is 12.9. The number of carbonyl (C=O) groups is 2. The van der Waals surface area contributed by atoms with E-state index in [0.717, 1.165) is 78.0 Å². The molecule has 13 nitrogen and oxygen atoms in total. The average molecular weight is 772 g/mol. The van der Waals surface area contributed by atoms with E-state index in [1.54, 1.807) is 26.3 Å². The van der Waals surface area contributed by atoms with Crippen molar-refractivity contribution in [3.8, 4) is 17.0 Å². The molecule has 1 aromatic heterocycles. The molecule has 4 aliphatic rings. The van der Waals surface area contributed by atoms with Gasteiger partial charge in [0, 0.05) is 67.5 Å². The SMILES string of the molecule is CN/C(C1=Cc2cc(OC)ccc2-c2c(C3CCCCC3)c3ccc(C(=O)NS(=O)(=O)N4CCOCC4)cc3n2C1)=C(\C=N)C(=O)N1CCCC(N(C)C)C1. The molecule has 2 amide bonds. The van der Waals surface area contributed by atoms with E-state index in [1.165, 1.54) is 16.3 Å². The molecule has 0 radical (unpaired) electrons. The second-order valence-electron chi connectivity index (χ2n) is 15.2. The first-order valence-electron chi connectivity index (χ1n) is 19.4. The molecular formula is C41H53N7O6S. The highest BCUT2D eigenvalue weighted by Crippen LogP contribution is 2.47. The zero-order valence-corrected chi connectivity index (χ0v) is 33.1. The van der Waals surface area contributed by atoms with E-state index in [4.69, 9.17) is 14.9 Å². The van der Waals surface area contributed by atoms with Crippen LogP contribution in [0.25, 0.3) is 28.2 Å². The lowest BCUT2D eigenvalue weighted by Crippen LogP contribution is -2.48. The number of amides is 2. The third-order valence-electron chi connectivity index (χ3n) is 11.7. The van der Waals surface area contributed by atoms with E-state index in [9.17, 15) is 18.0 Å². The van der Waals surface area contributed by atoms with Gasteiger partial charge in [0.1, 0.15) is 5.75 Å². The molecule has 2 aromatic carbocycles. The molecule has 2 saturated heterocycles. The number of benzene rings is 2. The summed E-state index contributed by atoms with van der Waals surface area (Å²) in [5.41, 5.74) is 6.81. The molecule has 1 saturated carbocycles. The number of nitrogens with one attached hydrogen (secondary N) is 3. The third kappa shape index (κ3) is 7.69. The summed E-state index contributed by atoms with van der Waals surface area (Å²) in [6.45, 7) is 2.43. The summed E-state index contributed by atoms with van der Waals surface area (Å²) in [7, 11) is 3.41. The molecule has 3 aromatic rings. The van der Waals surface area contributed by atoms with Crippen LogP contribution < -0.4 is 14.8 Å². The van der Waals surface area contributed by atoms with E-state index >= 15 is 0 Å². The number of hydrogen-bond donors (Lipinski definition) is 3. The van der Waals surface area contributed by atoms with E-state index in [1.807, 2.05) is 37.2 Å². The number of fused-ring (bicyclic) bond motifs is 5. The molecule has 1 atom stereocenters. The summed E-state index contributed by atoms with van der Waals surface area (Å²) in [6.07, 6.45) is 10.6. The van der Waals surface area contributed by atoms with Gasteiger partial charge < -0.3 is 34.6 Å². The molecule has 14 heteroatoms. The van der Waals surface area contributed by atoms with E-state index in [-0.39, 0.29) is 55.3 Å². The van der Waals surface area contributed by atoms with Crippen LogP contribution in [0.5, 0.6) is 5.75 Å². The fourth-order valence-corrected chi connectivity index (χ4v) is 9.91. The first kappa shape index (κ1) is 38.8. The fraction of sp³-hybridized carbons (Fsp3) is 0.488. The normalized spacial score (nSPS) is 20.2. The largest absolute Gasteiger partial charge is 0.497 e. The van der Waals surface area contributed by atoms with Crippen molar-refractivity contribution in [2.24, 2.45) is 0 Å². The Kier molecular flexibility index (Phi) is 11.5. The van der Waals surface area contributed by atoms with Gasteiger partial charge in [0.25, 0.3) is 11.8 Å². The highest BCUT2D eigenvalue weighted by atomic mass is 32.2. The molecule has 7 rings (SSSR count). The Hall–Kier alpha value is -4.50. The highest BCUT2D eigenvalue weighted by Gasteiger charge is 2.33. The van der Waals surface area contributed by atoms with Gasteiger partial charge in [-0.2, -0.15) is 12.7 Å². The Morgan fingerprint density at radius 3 is 2.45 bits per heavy atom.